The molecule has 3 aromatic rings. The summed E-state index contributed by atoms with van der Waals surface area (Å²) in [5, 5.41) is 15.6. The number of thiophene rings is 1. The SMILES string of the molecule is CC(=CC(=O)Nc1ccsc1C(=O)O)c1ccc2ccccc2c1. The van der Waals surface area contributed by atoms with Gasteiger partial charge in [0, 0.05) is 6.08 Å². The van der Waals surface area contributed by atoms with E-state index in [4.69, 9.17) is 5.11 Å². The number of hydrogen-bond donors (Lipinski definition) is 2. The lowest BCUT2D eigenvalue weighted by molar-refractivity contribution is -0.111. The molecule has 0 bridgehead atoms. The van der Waals surface area contributed by atoms with Gasteiger partial charge in [-0.25, -0.2) is 4.79 Å². The van der Waals surface area contributed by atoms with Crippen LogP contribution in [0.5, 0.6) is 0 Å². The Morgan fingerprint density at radius 2 is 1.83 bits per heavy atom. The van der Waals surface area contributed by atoms with Crippen LogP contribution in [0.25, 0.3) is 16.3 Å². The standard InChI is InChI=1S/C19H15NO3S/c1-12(14-7-6-13-4-2-3-5-15(13)11-14)10-17(21)20-16-8-9-24-18(16)19(22)23/h2-11H,1H3,(H,20,21)(H,22,23). The largest absolute Gasteiger partial charge is 0.477 e. The molecule has 3 rings (SSSR count). The number of amides is 1. The van der Waals surface area contributed by atoms with E-state index < -0.39 is 5.97 Å². The van der Waals surface area contributed by atoms with E-state index in [0.29, 0.717) is 5.69 Å². The van der Waals surface area contributed by atoms with Gasteiger partial charge < -0.3 is 10.4 Å². The number of allylic oxidation sites excluding steroid dienone is 1. The number of rotatable bonds is 4. The van der Waals surface area contributed by atoms with Gasteiger partial charge in [-0.2, -0.15) is 0 Å². The van der Waals surface area contributed by atoms with E-state index in [1.165, 1.54) is 6.08 Å². The molecule has 5 heteroatoms. The lowest BCUT2D eigenvalue weighted by Gasteiger charge is -2.05. The van der Waals surface area contributed by atoms with Gasteiger partial charge in [-0.15, -0.1) is 11.3 Å². The van der Waals surface area contributed by atoms with Crippen molar-refractivity contribution in [2.75, 3.05) is 5.32 Å². The Hall–Kier alpha value is -2.92. The second kappa shape index (κ2) is 6.68. The molecular formula is C19H15NO3S. The number of carbonyl (C=O) groups excluding carboxylic acids is 1. The first-order chi connectivity index (χ1) is 11.5. The van der Waals surface area contributed by atoms with Gasteiger partial charge >= 0.3 is 5.97 Å². The van der Waals surface area contributed by atoms with E-state index in [9.17, 15) is 9.59 Å². The van der Waals surface area contributed by atoms with E-state index in [2.05, 4.69) is 5.32 Å². The highest BCUT2D eigenvalue weighted by molar-refractivity contribution is 7.12. The Kier molecular flexibility index (Phi) is 4.44. The maximum Gasteiger partial charge on any atom is 0.348 e. The Morgan fingerprint density at radius 1 is 1.08 bits per heavy atom. The molecule has 120 valence electrons. The maximum atomic E-state index is 12.2. The van der Waals surface area contributed by atoms with Crippen molar-refractivity contribution >= 4 is 45.2 Å². The van der Waals surface area contributed by atoms with Crippen molar-refractivity contribution in [2.45, 2.75) is 6.92 Å². The highest BCUT2D eigenvalue weighted by Gasteiger charge is 2.13. The zero-order chi connectivity index (χ0) is 17.1. The number of benzene rings is 2. The van der Waals surface area contributed by atoms with Crippen molar-refractivity contribution in [3.63, 3.8) is 0 Å². The van der Waals surface area contributed by atoms with Crippen LogP contribution < -0.4 is 5.32 Å². The molecule has 0 saturated carbocycles. The number of carboxylic acids is 1. The summed E-state index contributed by atoms with van der Waals surface area (Å²) in [6, 6.07) is 15.6. The first kappa shape index (κ1) is 16.0. The van der Waals surface area contributed by atoms with E-state index in [0.717, 1.165) is 33.2 Å². The van der Waals surface area contributed by atoms with Gasteiger partial charge in [-0.1, -0.05) is 36.4 Å². The predicted octanol–water partition coefficient (Wildman–Crippen LogP) is 4.64. The summed E-state index contributed by atoms with van der Waals surface area (Å²) in [6.07, 6.45) is 1.48. The van der Waals surface area contributed by atoms with E-state index in [1.807, 2.05) is 49.4 Å². The number of carboxylic acid groups (broad SMARTS) is 1. The van der Waals surface area contributed by atoms with Crippen LogP contribution in [0.2, 0.25) is 0 Å². The van der Waals surface area contributed by atoms with Crippen molar-refractivity contribution in [1.29, 1.82) is 0 Å². The molecule has 1 aromatic heterocycles. The second-order valence-corrected chi connectivity index (χ2v) is 6.26. The van der Waals surface area contributed by atoms with Gasteiger partial charge in [-0.3, -0.25) is 4.79 Å². The first-order valence-electron chi connectivity index (χ1n) is 7.34. The fourth-order valence-electron chi connectivity index (χ4n) is 2.46. The van der Waals surface area contributed by atoms with Gasteiger partial charge in [0.05, 0.1) is 5.69 Å². The fraction of sp³-hybridized carbons (Fsp3) is 0.0526. The van der Waals surface area contributed by atoms with Crippen molar-refractivity contribution < 1.29 is 14.7 Å². The Labute approximate surface area is 143 Å². The number of anilines is 1. The molecule has 24 heavy (non-hydrogen) atoms. The lowest BCUT2D eigenvalue weighted by Crippen LogP contribution is -2.10. The summed E-state index contributed by atoms with van der Waals surface area (Å²) in [5.74, 6) is -1.39. The monoisotopic (exact) mass is 337 g/mol. The number of hydrogen-bond acceptors (Lipinski definition) is 3. The molecule has 0 aliphatic rings. The number of nitrogens with one attached hydrogen (secondary N) is 1. The van der Waals surface area contributed by atoms with Crippen LogP contribution >= 0.6 is 11.3 Å². The highest BCUT2D eigenvalue weighted by Crippen LogP contribution is 2.23. The normalized spacial score (nSPS) is 11.5. The first-order valence-corrected chi connectivity index (χ1v) is 8.22. The number of carbonyl (C=O) groups is 2. The quantitative estimate of drug-likeness (QED) is 0.682. The Bertz CT molecular complexity index is 956. The van der Waals surface area contributed by atoms with Crippen LogP contribution in [0.4, 0.5) is 5.69 Å². The van der Waals surface area contributed by atoms with Crippen LogP contribution in [0, 0.1) is 0 Å². The Morgan fingerprint density at radius 3 is 2.58 bits per heavy atom. The molecule has 0 saturated heterocycles. The summed E-state index contributed by atoms with van der Waals surface area (Å²) in [6.45, 7) is 1.86. The van der Waals surface area contributed by atoms with Gasteiger partial charge in [0.15, 0.2) is 0 Å². The third-order valence-corrected chi connectivity index (χ3v) is 4.57. The second-order valence-electron chi connectivity index (χ2n) is 5.35. The molecule has 2 N–H and O–H groups in total. The third-order valence-electron chi connectivity index (χ3n) is 3.67. The molecule has 0 aliphatic carbocycles. The number of aromatic carboxylic acids is 1. The van der Waals surface area contributed by atoms with Crippen molar-refractivity contribution in [1.82, 2.24) is 0 Å². The number of fused-ring (bicyclic) bond motifs is 1. The van der Waals surface area contributed by atoms with E-state index >= 15 is 0 Å². The smallest absolute Gasteiger partial charge is 0.348 e. The minimum Gasteiger partial charge on any atom is -0.477 e. The molecule has 0 unspecified atom stereocenters. The molecule has 0 fully saturated rings. The van der Waals surface area contributed by atoms with Crippen molar-refractivity contribution in [3.8, 4) is 0 Å². The molecule has 0 spiro atoms. The highest BCUT2D eigenvalue weighted by atomic mass is 32.1. The van der Waals surface area contributed by atoms with Crippen LogP contribution in [0.3, 0.4) is 0 Å². The minimum absolute atomic E-state index is 0.125. The zero-order valence-corrected chi connectivity index (χ0v) is 13.8. The average molecular weight is 337 g/mol. The summed E-state index contributed by atoms with van der Waals surface area (Å²) >= 11 is 1.08. The fourth-order valence-corrected chi connectivity index (χ4v) is 3.14. The molecule has 4 nitrogen and oxygen atoms in total. The van der Waals surface area contributed by atoms with E-state index in [1.54, 1.807) is 11.4 Å². The van der Waals surface area contributed by atoms with Crippen molar-refractivity contribution in [2.24, 2.45) is 0 Å². The van der Waals surface area contributed by atoms with Crippen LogP contribution in [0.15, 0.2) is 60.0 Å². The van der Waals surface area contributed by atoms with Gasteiger partial charge in [-0.05, 0) is 46.3 Å². The third kappa shape index (κ3) is 3.36. The van der Waals surface area contributed by atoms with Crippen LogP contribution in [-0.2, 0) is 4.79 Å². The molecule has 2 aromatic carbocycles. The molecular weight excluding hydrogens is 322 g/mol. The van der Waals surface area contributed by atoms with Crippen LogP contribution in [-0.4, -0.2) is 17.0 Å². The average Bonchev–Trinajstić information content (AvgIpc) is 3.02. The van der Waals surface area contributed by atoms with Gasteiger partial charge in [0.2, 0.25) is 5.91 Å². The summed E-state index contributed by atoms with van der Waals surface area (Å²) in [7, 11) is 0. The van der Waals surface area contributed by atoms with Crippen molar-refractivity contribution in [3.05, 3.63) is 70.4 Å². The zero-order valence-electron chi connectivity index (χ0n) is 12.9. The predicted molar refractivity (Wildman–Crippen MR) is 97.5 cm³/mol. The molecule has 0 atom stereocenters. The minimum atomic E-state index is -1.05. The maximum absolute atomic E-state index is 12.2. The van der Waals surface area contributed by atoms with Gasteiger partial charge in [0.25, 0.3) is 0 Å². The molecule has 1 amide bonds. The summed E-state index contributed by atoms with van der Waals surface area (Å²) < 4.78 is 0. The van der Waals surface area contributed by atoms with Crippen LogP contribution in [0.1, 0.15) is 22.2 Å². The topological polar surface area (TPSA) is 66.4 Å². The van der Waals surface area contributed by atoms with Gasteiger partial charge in [0.1, 0.15) is 4.88 Å². The molecule has 1 heterocycles. The summed E-state index contributed by atoms with van der Waals surface area (Å²) in [4.78, 5) is 23.4. The lowest BCUT2D eigenvalue weighted by atomic mass is 10.0. The van der Waals surface area contributed by atoms with E-state index in [-0.39, 0.29) is 10.8 Å². The Balaban J connectivity index is 1.82. The molecule has 0 radical (unpaired) electrons. The molecule has 0 aliphatic heterocycles. The summed E-state index contributed by atoms with van der Waals surface area (Å²) in [5.41, 5.74) is 2.08.